The van der Waals surface area contributed by atoms with Crippen LogP contribution >= 0.6 is 0 Å². The van der Waals surface area contributed by atoms with Crippen LogP contribution < -0.4 is 5.32 Å². The highest BCUT2D eigenvalue weighted by Crippen LogP contribution is 2.29. The summed E-state index contributed by atoms with van der Waals surface area (Å²) in [5.74, 6) is -0.476. The molecule has 1 saturated carbocycles. The maximum absolute atomic E-state index is 13.6. The van der Waals surface area contributed by atoms with Crippen molar-refractivity contribution < 1.29 is 14.4 Å². The summed E-state index contributed by atoms with van der Waals surface area (Å²) in [5.41, 5.74) is -0.335. The van der Waals surface area contributed by atoms with Crippen LogP contribution in [0.4, 0.5) is 0 Å². The lowest BCUT2D eigenvalue weighted by Gasteiger charge is -2.43. The molecule has 34 heavy (non-hydrogen) atoms. The van der Waals surface area contributed by atoms with Gasteiger partial charge in [0, 0.05) is 44.8 Å². The van der Waals surface area contributed by atoms with E-state index in [4.69, 9.17) is 0 Å². The molecule has 1 unspecified atom stereocenters. The third-order valence-corrected chi connectivity index (χ3v) is 7.63. The van der Waals surface area contributed by atoms with Gasteiger partial charge in [-0.3, -0.25) is 24.0 Å². The highest BCUT2D eigenvalue weighted by molar-refractivity contribution is 6.02. The zero-order valence-electron chi connectivity index (χ0n) is 21.0. The fourth-order valence-corrected chi connectivity index (χ4v) is 5.48. The molecular weight excluding hydrogens is 432 g/mol. The zero-order valence-corrected chi connectivity index (χ0v) is 21.0. The van der Waals surface area contributed by atoms with Crippen LogP contribution in [0.15, 0.2) is 6.07 Å². The lowest BCUT2D eigenvalue weighted by atomic mass is 9.94. The first-order valence-electron chi connectivity index (χ1n) is 13.1. The zero-order chi connectivity index (χ0) is 24.3. The summed E-state index contributed by atoms with van der Waals surface area (Å²) in [7, 11) is 0. The summed E-state index contributed by atoms with van der Waals surface area (Å²) in [6, 6.07) is 1.80. The molecule has 188 valence electrons. The summed E-state index contributed by atoms with van der Waals surface area (Å²) in [6.45, 7) is 10.9. The van der Waals surface area contributed by atoms with Crippen LogP contribution in [0.5, 0.6) is 0 Å². The molecule has 1 saturated heterocycles. The molecule has 2 aliphatic heterocycles. The number of carbonyl (C=O) groups excluding carboxylic acids is 3. The minimum absolute atomic E-state index is 0.120. The van der Waals surface area contributed by atoms with E-state index in [0.717, 1.165) is 64.6 Å². The minimum Gasteiger partial charge on any atom is -0.351 e. The van der Waals surface area contributed by atoms with Crippen LogP contribution in [-0.2, 0) is 11.3 Å². The van der Waals surface area contributed by atoms with Crippen molar-refractivity contribution in [2.75, 3.05) is 39.3 Å². The van der Waals surface area contributed by atoms with Crippen LogP contribution in [0.1, 0.15) is 86.7 Å². The fourth-order valence-electron chi connectivity index (χ4n) is 5.48. The Bertz CT molecular complexity index is 900. The number of rotatable bonds is 8. The molecule has 1 aliphatic carbocycles. The van der Waals surface area contributed by atoms with Gasteiger partial charge in [0.1, 0.15) is 11.2 Å². The topological polar surface area (TPSA) is 90.8 Å². The minimum atomic E-state index is -1.03. The normalized spacial score (nSPS) is 23.9. The van der Waals surface area contributed by atoms with Crippen LogP contribution in [-0.4, -0.2) is 93.1 Å². The molecule has 1 aromatic heterocycles. The predicted octanol–water partition coefficient (Wildman–Crippen LogP) is 2.12. The van der Waals surface area contributed by atoms with Gasteiger partial charge in [0.2, 0.25) is 5.91 Å². The van der Waals surface area contributed by atoms with E-state index in [1.165, 1.54) is 0 Å². The number of nitrogens with zero attached hydrogens (tertiary/aromatic N) is 5. The molecule has 1 aromatic rings. The van der Waals surface area contributed by atoms with Gasteiger partial charge < -0.3 is 15.1 Å². The first kappa shape index (κ1) is 24.7. The third-order valence-electron chi connectivity index (χ3n) is 7.63. The van der Waals surface area contributed by atoms with Gasteiger partial charge in [-0.1, -0.05) is 33.1 Å². The largest absolute Gasteiger partial charge is 0.351 e. The lowest BCUT2D eigenvalue weighted by Crippen LogP contribution is -2.65. The van der Waals surface area contributed by atoms with Crippen molar-refractivity contribution in [1.29, 1.82) is 0 Å². The van der Waals surface area contributed by atoms with E-state index in [9.17, 15) is 14.4 Å². The summed E-state index contributed by atoms with van der Waals surface area (Å²) in [4.78, 5) is 46.1. The Morgan fingerprint density at radius 3 is 2.44 bits per heavy atom. The smallest absolute Gasteiger partial charge is 0.274 e. The van der Waals surface area contributed by atoms with Crippen molar-refractivity contribution in [2.24, 2.45) is 0 Å². The maximum atomic E-state index is 13.6. The first-order valence-corrected chi connectivity index (χ1v) is 13.1. The number of unbranched alkanes of at least 4 members (excludes halogenated alkanes) is 1. The Morgan fingerprint density at radius 1 is 1.09 bits per heavy atom. The molecule has 0 aromatic carbocycles. The van der Waals surface area contributed by atoms with Crippen molar-refractivity contribution in [3.63, 3.8) is 0 Å². The third kappa shape index (κ3) is 4.85. The standard InChI is InChI=1S/C25H40N6O3/c1-4-6-12-30-23(33)21-17-20(22(32)29-15-13-28(11-5-2)14-16-29)27-31(21)18-25(30,3)24(34)26-19-9-7-8-10-19/h17,19H,4-16,18H2,1-3H3,(H,26,34). The second-order valence-electron chi connectivity index (χ2n) is 10.2. The Kier molecular flexibility index (Phi) is 7.60. The molecule has 0 bridgehead atoms. The van der Waals surface area contributed by atoms with Crippen LogP contribution in [0, 0.1) is 0 Å². The van der Waals surface area contributed by atoms with Gasteiger partial charge in [0.25, 0.3) is 11.8 Å². The number of nitrogens with one attached hydrogen (secondary N) is 1. The van der Waals surface area contributed by atoms with Crippen LogP contribution in [0.25, 0.3) is 0 Å². The number of hydrogen-bond donors (Lipinski definition) is 1. The Hall–Kier alpha value is -2.42. The molecule has 3 aliphatic rings. The van der Waals surface area contributed by atoms with Crippen molar-refractivity contribution in [2.45, 2.75) is 83.8 Å². The van der Waals surface area contributed by atoms with Gasteiger partial charge in [-0.05, 0) is 39.2 Å². The summed E-state index contributed by atoms with van der Waals surface area (Å²) >= 11 is 0. The van der Waals surface area contributed by atoms with Crippen molar-refractivity contribution >= 4 is 17.7 Å². The molecule has 3 amide bonds. The molecule has 3 heterocycles. The van der Waals surface area contributed by atoms with Gasteiger partial charge in [-0.2, -0.15) is 5.10 Å². The quantitative estimate of drug-likeness (QED) is 0.626. The molecule has 2 fully saturated rings. The summed E-state index contributed by atoms with van der Waals surface area (Å²) in [6.07, 6.45) is 7.08. The van der Waals surface area contributed by atoms with E-state index in [1.807, 2.05) is 11.8 Å². The van der Waals surface area contributed by atoms with Gasteiger partial charge in [0.15, 0.2) is 5.69 Å². The summed E-state index contributed by atoms with van der Waals surface area (Å²) in [5, 5.41) is 7.73. The van der Waals surface area contributed by atoms with Crippen molar-refractivity contribution in [3.8, 4) is 0 Å². The van der Waals surface area contributed by atoms with Gasteiger partial charge in [0.05, 0.1) is 6.54 Å². The van der Waals surface area contributed by atoms with Gasteiger partial charge in [-0.25, -0.2) is 0 Å². The molecule has 9 nitrogen and oxygen atoms in total. The molecule has 0 spiro atoms. The molecular formula is C25H40N6O3. The number of piperazine rings is 1. The van der Waals surface area contributed by atoms with E-state index in [-0.39, 0.29) is 30.3 Å². The van der Waals surface area contributed by atoms with Crippen LogP contribution in [0.2, 0.25) is 0 Å². The predicted molar refractivity (Wildman–Crippen MR) is 130 cm³/mol. The van der Waals surface area contributed by atoms with E-state index in [0.29, 0.717) is 31.0 Å². The van der Waals surface area contributed by atoms with E-state index >= 15 is 0 Å². The monoisotopic (exact) mass is 472 g/mol. The van der Waals surface area contributed by atoms with Gasteiger partial charge in [-0.15, -0.1) is 0 Å². The molecule has 0 radical (unpaired) electrons. The number of amides is 3. The molecule has 1 atom stereocenters. The second-order valence-corrected chi connectivity index (χ2v) is 10.2. The lowest BCUT2D eigenvalue weighted by molar-refractivity contribution is -0.133. The number of aromatic nitrogens is 2. The number of carbonyl (C=O) groups is 3. The van der Waals surface area contributed by atoms with Crippen molar-refractivity contribution in [3.05, 3.63) is 17.5 Å². The van der Waals surface area contributed by atoms with E-state index in [2.05, 4.69) is 29.2 Å². The van der Waals surface area contributed by atoms with E-state index < -0.39 is 5.54 Å². The SMILES string of the molecule is CCCCN1C(=O)c2cc(C(=O)N3CCN(CCC)CC3)nn2CC1(C)C(=O)NC1CCCC1. The second kappa shape index (κ2) is 10.5. The van der Waals surface area contributed by atoms with Crippen molar-refractivity contribution in [1.82, 2.24) is 29.8 Å². The van der Waals surface area contributed by atoms with E-state index in [1.54, 1.807) is 15.6 Å². The maximum Gasteiger partial charge on any atom is 0.274 e. The Morgan fingerprint density at radius 2 is 1.79 bits per heavy atom. The Labute approximate surface area is 202 Å². The van der Waals surface area contributed by atoms with Crippen LogP contribution in [0.3, 0.4) is 0 Å². The van der Waals surface area contributed by atoms with Gasteiger partial charge >= 0.3 is 0 Å². The fraction of sp³-hybridized carbons (Fsp3) is 0.760. The summed E-state index contributed by atoms with van der Waals surface area (Å²) < 4.78 is 1.58. The first-order chi connectivity index (χ1) is 16.4. The molecule has 1 N–H and O–H groups in total. The Balaban J connectivity index is 1.54. The molecule has 4 rings (SSSR count). The average molecular weight is 473 g/mol. The molecule has 9 heteroatoms. The number of fused-ring (bicyclic) bond motifs is 1. The highest BCUT2D eigenvalue weighted by atomic mass is 16.2. The number of hydrogen-bond acceptors (Lipinski definition) is 5. The highest BCUT2D eigenvalue weighted by Gasteiger charge is 2.48. The average Bonchev–Trinajstić information content (AvgIpc) is 3.49.